The van der Waals surface area contributed by atoms with E-state index >= 15 is 0 Å². The van der Waals surface area contributed by atoms with Crippen LogP contribution in [0.4, 0.5) is 0 Å². The van der Waals surface area contributed by atoms with Gasteiger partial charge in [0, 0.05) is 0 Å². The van der Waals surface area contributed by atoms with Gasteiger partial charge in [-0.05, 0) is 30.8 Å². The van der Waals surface area contributed by atoms with Gasteiger partial charge >= 0.3 is 5.97 Å². The summed E-state index contributed by atoms with van der Waals surface area (Å²) in [5, 5.41) is 17.7. The highest BCUT2D eigenvalue weighted by Crippen LogP contribution is 2.38. The first kappa shape index (κ1) is 20.1. The Hall–Kier alpha value is -0.990. The van der Waals surface area contributed by atoms with Crippen LogP contribution in [0.5, 0.6) is 0 Å². The molecule has 0 aromatic rings. The fraction of sp³-hybridized carbons (Fsp3) is 0.850. The second-order valence-electron chi connectivity index (χ2n) is 7.19. The quantitative estimate of drug-likeness (QED) is 0.239. The zero-order valence-corrected chi connectivity index (χ0v) is 14.9. The van der Waals surface area contributed by atoms with Crippen LogP contribution in [0.3, 0.4) is 0 Å². The summed E-state index contributed by atoms with van der Waals surface area (Å²) in [4.78, 5) is 10.5. The number of carboxylic acid groups (broad SMARTS) is 1. The van der Waals surface area contributed by atoms with Crippen molar-refractivity contribution >= 4 is 5.97 Å². The van der Waals surface area contributed by atoms with E-state index in [4.69, 9.17) is 10.2 Å². The average molecular weight is 325 g/mol. The monoisotopic (exact) mass is 324 g/mol. The van der Waals surface area contributed by atoms with Crippen molar-refractivity contribution in [3.05, 3.63) is 11.8 Å². The number of rotatable bonds is 13. The molecule has 0 spiro atoms. The van der Waals surface area contributed by atoms with Gasteiger partial charge in [0.25, 0.3) is 0 Å². The summed E-state index contributed by atoms with van der Waals surface area (Å²) < 4.78 is 0. The molecule has 2 atom stereocenters. The van der Waals surface area contributed by atoms with Crippen LogP contribution in [0.15, 0.2) is 11.8 Å². The SMILES string of the molecule is CCCCCCCC[C@H]1CCC[C@@H]1CCCCC=C(O)C(=O)O. The van der Waals surface area contributed by atoms with Gasteiger partial charge in [-0.2, -0.15) is 0 Å². The van der Waals surface area contributed by atoms with Crippen LogP contribution in [0.25, 0.3) is 0 Å². The number of unbranched alkanes of at least 4 members (excludes halogenated alkanes) is 7. The van der Waals surface area contributed by atoms with Crippen LogP contribution in [0.2, 0.25) is 0 Å². The molecule has 0 heterocycles. The van der Waals surface area contributed by atoms with E-state index in [-0.39, 0.29) is 0 Å². The van der Waals surface area contributed by atoms with Gasteiger partial charge in [0.1, 0.15) is 0 Å². The highest BCUT2D eigenvalue weighted by Gasteiger charge is 2.25. The highest BCUT2D eigenvalue weighted by molar-refractivity contribution is 5.83. The fourth-order valence-electron chi connectivity index (χ4n) is 3.94. The van der Waals surface area contributed by atoms with Gasteiger partial charge in [0.2, 0.25) is 0 Å². The van der Waals surface area contributed by atoms with Crippen molar-refractivity contribution < 1.29 is 15.0 Å². The largest absolute Gasteiger partial charge is 0.502 e. The molecular weight excluding hydrogens is 288 g/mol. The molecule has 3 heteroatoms. The normalized spacial score (nSPS) is 21.7. The van der Waals surface area contributed by atoms with Crippen LogP contribution in [-0.4, -0.2) is 16.2 Å². The van der Waals surface area contributed by atoms with Crippen molar-refractivity contribution in [2.45, 2.75) is 96.8 Å². The molecule has 1 aliphatic carbocycles. The minimum Gasteiger partial charge on any atom is -0.502 e. The third-order valence-corrected chi connectivity index (χ3v) is 5.33. The molecule has 0 saturated heterocycles. The molecule has 3 nitrogen and oxygen atoms in total. The maximum atomic E-state index is 10.5. The maximum Gasteiger partial charge on any atom is 0.370 e. The molecule has 1 rings (SSSR count). The Morgan fingerprint density at radius 2 is 1.48 bits per heavy atom. The lowest BCUT2D eigenvalue weighted by atomic mass is 9.87. The first-order chi connectivity index (χ1) is 11.1. The van der Waals surface area contributed by atoms with E-state index in [0.717, 1.165) is 24.7 Å². The van der Waals surface area contributed by atoms with Crippen molar-refractivity contribution in [3.8, 4) is 0 Å². The molecule has 0 aliphatic heterocycles. The van der Waals surface area contributed by atoms with E-state index in [0.29, 0.717) is 6.42 Å². The Labute approximate surface area is 142 Å². The molecule has 0 aromatic carbocycles. The molecule has 0 amide bonds. The molecule has 2 N–H and O–H groups in total. The van der Waals surface area contributed by atoms with E-state index in [1.54, 1.807) is 0 Å². The lowest BCUT2D eigenvalue weighted by Gasteiger charge is -2.19. The van der Waals surface area contributed by atoms with Crippen LogP contribution in [0, 0.1) is 11.8 Å². The van der Waals surface area contributed by atoms with Crippen molar-refractivity contribution in [2.24, 2.45) is 11.8 Å². The van der Waals surface area contributed by atoms with Gasteiger partial charge in [-0.25, -0.2) is 4.79 Å². The van der Waals surface area contributed by atoms with E-state index in [1.165, 1.54) is 76.7 Å². The Balaban J connectivity index is 2.08. The van der Waals surface area contributed by atoms with Crippen LogP contribution < -0.4 is 0 Å². The smallest absolute Gasteiger partial charge is 0.370 e. The summed E-state index contributed by atoms with van der Waals surface area (Å²) in [7, 11) is 0. The molecule has 0 bridgehead atoms. The Kier molecular flexibility index (Phi) is 10.8. The molecule has 0 radical (unpaired) electrons. The van der Waals surface area contributed by atoms with Gasteiger partial charge in [-0.15, -0.1) is 0 Å². The highest BCUT2D eigenvalue weighted by atomic mass is 16.4. The van der Waals surface area contributed by atoms with Gasteiger partial charge in [0.05, 0.1) is 0 Å². The van der Waals surface area contributed by atoms with Gasteiger partial charge in [-0.1, -0.05) is 84.0 Å². The zero-order chi connectivity index (χ0) is 16.9. The molecule has 134 valence electrons. The van der Waals surface area contributed by atoms with E-state index in [9.17, 15) is 4.79 Å². The molecule has 0 unspecified atom stereocenters. The summed E-state index contributed by atoms with van der Waals surface area (Å²) in [6.07, 6.45) is 19.5. The van der Waals surface area contributed by atoms with E-state index in [1.807, 2.05) is 0 Å². The van der Waals surface area contributed by atoms with Crippen LogP contribution >= 0.6 is 0 Å². The minimum atomic E-state index is -1.22. The first-order valence-electron chi connectivity index (χ1n) is 9.77. The van der Waals surface area contributed by atoms with Gasteiger partial charge in [0.15, 0.2) is 5.76 Å². The molecule has 1 fully saturated rings. The van der Waals surface area contributed by atoms with Crippen molar-refractivity contribution in [1.82, 2.24) is 0 Å². The number of carboxylic acids is 1. The van der Waals surface area contributed by atoms with Crippen LogP contribution in [-0.2, 0) is 4.79 Å². The predicted molar refractivity (Wildman–Crippen MR) is 95.6 cm³/mol. The minimum absolute atomic E-state index is 0.508. The number of allylic oxidation sites excluding steroid dienone is 1. The molecular formula is C20H36O3. The molecule has 1 saturated carbocycles. The summed E-state index contributed by atoms with van der Waals surface area (Å²) in [6, 6.07) is 0. The van der Waals surface area contributed by atoms with Crippen LogP contribution in [0.1, 0.15) is 96.8 Å². The number of hydrogen-bond acceptors (Lipinski definition) is 2. The Morgan fingerprint density at radius 1 is 0.913 bits per heavy atom. The fourth-order valence-corrected chi connectivity index (χ4v) is 3.94. The summed E-state index contributed by atoms with van der Waals surface area (Å²) in [5.74, 6) is 0.0958. The number of carbonyl (C=O) groups is 1. The summed E-state index contributed by atoms with van der Waals surface area (Å²) >= 11 is 0. The molecule has 23 heavy (non-hydrogen) atoms. The summed E-state index contributed by atoms with van der Waals surface area (Å²) in [6.45, 7) is 2.27. The third kappa shape index (κ3) is 9.02. The topological polar surface area (TPSA) is 57.5 Å². The average Bonchev–Trinajstić information content (AvgIpc) is 2.97. The van der Waals surface area contributed by atoms with Crippen molar-refractivity contribution in [3.63, 3.8) is 0 Å². The van der Waals surface area contributed by atoms with Crippen molar-refractivity contribution in [2.75, 3.05) is 0 Å². The number of hydrogen-bond donors (Lipinski definition) is 2. The Morgan fingerprint density at radius 3 is 2.09 bits per heavy atom. The third-order valence-electron chi connectivity index (χ3n) is 5.33. The van der Waals surface area contributed by atoms with E-state index in [2.05, 4.69) is 6.92 Å². The zero-order valence-electron chi connectivity index (χ0n) is 14.9. The van der Waals surface area contributed by atoms with Gasteiger partial charge in [-0.3, -0.25) is 0 Å². The number of aliphatic carboxylic acids is 1. The number of aliphatic hydroxyl groups excluding tert-OH is 1. The standard InChI is InChI=1S/C20H36O3/c1-2-3-4-5-6-8-12-17-14-11-15-18(17)13-9-7-10-16-19(21)20(22)23/h16-18,21H,2-15H2,1H3,(H,22,23)/t17-,18-/m0/s1. The molecule has 0 aromatic heterocycles. The predicted octanol–water partition coefficient (Wildman–Crippen LogP) is 6.24. The lowest BCUT2D eigenvalue weighted by Crippen LogP contribution is -2.08. The van der Waals surface area contributed by atoms with E-state index < -0.39 is 11.7 Å². The second kappa shape index (κ2) is 12.4. The Bertz CT molecular complexity index is 349. The molecule has 1 aliphatic rings. The number of aliphatic hydroxyl groups is 1. The lowest BCUT2D eigenvalue weighted by molar-refractivity contribution is -0.135. The maximum absolute atomic E-state index is 10.5. The second-order valence-corrected chi connectivity index (χ2v) is 7.19. The van der Waals surface area contributed by atoms with Gasteiger partial charge < -0.3 is 10.2 Å². The first-order valence-corrected chi connectivity index (χ1v) is 9.77. The van der Waals surface area contributed by atoms with Crippen molar-refractivity contribution in [1.29, 1.82) is 0 Å². The summed E-state index contributed by atoms with van der Waals surface area (Å²) in [5.41, 5.74) is 0.